The number of pyridine rings is 1. The number of H-pyrrole nitrogens is 1. The molecule has 12 heteroatoms. The van der Waals surface area contributed by atoms with E-state index in [2.05, 4.69) is 42.5 Å². The Labute approximate surface area is 230 Å². The molecule has 1 aromatic carbocycles. The fraction of sp³-hybridized carbons (Fsp3) is 0.357. The molecule has 1 unspecified atom stereocenters. The van der Waals surface area contributed by atoms with Crippen LogP contribution in [0, 0.1) is 5.82 Å². The van der Waals surface area contributed by atoms with E-state index in [1.165, 1.54) is 12.1 Å². The lowest BCUT2D eigenvalue weighted by Crippen LogP contribution is -2.30. The lowest BCUT2D eigenvalue weighted by molar-refractivity contribution is -0.125. The summed E-state index contributed by atoms with van der Waals surface area (Å²) < 4.78 is 20.6. The normalized spacial score (nSPS) is 16.2. The third-order valence-corrected chi connectivity index (χ3v) is 6.87. The van der Waals surface area contributed by atoms with E-state index in [0.717, 1.165) is 17.4 Å². The molecule has 4 heterocycles. The minimum Gasteiger partial charge on any atom is -0.363 e. The second kappa shape index (κ2) is 10.5. The molecular weight excluding hydrogens is 515 g/mol. The van der Waals surface area contributed by atoms with Crippen molar-refractivity contribution in [2.75, 3.05) is 18.4 Å². The fourth-order valence-corrected chi connectivity index (χ4v) is 4.70. The van der Waals surface area contributed by atoms with Crippen molar-refractivity contribution in [1.29, 1.82) is 0 Å². The van der Waals surface area contributed by atoms with Crippen molar-refractivity contribution in [3.05, 3.63) is 66.2 Å². The summed E-state index contributed by atoms with van der Waals surface area (Å²) in [5, 5.41) is 17.9. The monoisotopic (exact) mass is 546 g/mol. The predicted octanol–water partition coefficient (Wildman–Crippen LogP) is 4.13. The van der Waals surface area contributed by atoms with E-state index >= 15 is 4.39 Å². The molecule has 4 aromatic rings. The number of hydrogen-bond donors (Lipinski definition) is 3. The summed E-state index contributed by atoms with van der Waals surface area (Å²) in [6.07, 6.45) is 3.70. The van der Waals surface area contributed by atoms with Gasteiger partial charge in [-0.05, 0) is 42.7 Å². The Bertz CT molecular complexity index is 1590. The van der Waals surface area contributed by atoms with Crippen molar-refractivity contribution < 1.29 is 18.5 Å². The molecule has 3 aromatic heterocycles. The number of likely N-dealkylation sites (tertiary alicyclic amines) is 1. The Kier molecular flexibility index (Phi) is 7.09. The smallest absolute Gasteiger partial charge is 0.293 e. The Morgan fingerprint density at radius 3 is 2.80 bits per heavy atom. The summed E-state index contributed by atoms with van der Waals surface area (Å²) in [4.78, 5) is 34.9. The second-order valence-electron chi connectivity index (χ2n) is 10.9. The maximum atomic E-state index is 15.4. The van der Waals surface area contributed by atoms with Gasteiger partial charge in [-0.15, -0.1) is 0 Å². The van der Waals surface area contributed by atoms with Gasteiger partial charge in [0.05, 0.1) is 11.4 Å². The van der Waals surface area contributed by atoms with Crippen molar-refractivity contribution in [2.24, 2.45) is 0 Å². The zero-order valence-corrected chi connectivity index (χ0v) is 22.8. The van der Waals surface area contributed by atoms with Gasteiger partial charge in [0.2, 0.25) is 11.8 Å². The van der Waals surface area contributed by atoms with Gasteiger partial charge < -0.3 is 20.1 Å². The van der Waals surface area contributed by atoms with Crippen LogP contribution in [0.4, 0.5) is 10.2 Å². The van der Waals surface area contributed by atoms with E-state index in [1.807, 2.05) is 20.8 Å². The van der Waals surface area contributed by atoms with Crippen LogP contribution in [-0.4, -0.2) is 61.2 Å². The van der Waals surface area contributed by atoms with E-state index in [4.69, 9.17) is 4.52 Å². The SMILES string of the molecule is C=CC(=O)N1CC[C@@H](Nc2n[nH]c3nccc(-c4ccc(C(C)NC(=O)c5noc(C(C)(C)C)n5)c(F)c4)c23)C1. The number of carbonyl (C=O) groups excluding carboxylic acids is 2. The van der Waals surface area contributed by atoms with Crippen molar-refractivity contribution in [1.82, 2.24) is 35.5 Å². The molecular formula is C28H31FN8O3. The largest absolute Gasteiger partial charge is 0.363 e. The standard InChI is InChI=1S/C28H31FN8O3/c1-6-21(38)37-12-10-17(14-37)32-24-22-19(9-11-30-23(22)34-35-24)16-7-8-18(20(29)13-16)15(2)31-26(39)25-33-27(40-36-25)28(3,4)5/h6-9,11,13,15,17H,1,10,12,14H2,2-5H3,(H,31,39)(H2,30,32,34,35)/t15?,17-/m1/s1. The zero-order chi connectivity index (χ0) is 28.6. The topological polar surface area (TPSA) is 142 Å². The number of rotatable bonds is 7. The number of nitrogens with zero attached hydrogens (tertiary/aromatic N) is 5. The molecule has 2 atom stereocenters. The van der Waals surface area contributed by atoms with Crippen LogP contribution in [0.15, 0.2) is 47.6 Å². The van der Waals surface area contributed by atoms with Crippen LogP contribution < -0.4 is 10.6 Å². The molecule has 0 bridgehead atoms. The van der Waals surface area contributed by atoms with Crippen molar-refractivity contribution in [3.63, 3.8) is 0 Å². The highest BCUT2D eigenvalue weighted by Gasteiger charge is 2.27. The number of fused-ring (bicyclic) bond motifs is 1. The maximum Gasteiger partial charge on any atom is 0.293 e. The molecule has 0 radical (unpaired) electrons. The minimum atomic E-state index is -0.648. The Balaban J connectivity index is 1.35. The van der Waals surface area contributed by atoms with Gasteiger partial charge in [-0.1, -0.05) is 44.6 Å². The van der Waals surface area contributed by atoms with E-state index in [1.54, 1.807) is 36.2 Å². The van der Waals surface area contributed by atoms with Crippen LogP contribution in [-0.2, 0) is 10.2 Å². The molecule has 1 aliphatic rings. The van der Waals surface area contributed by atoms with Gasteiger partial charge in [0.25, 0.3) is 11.7 Å². The number of amides is 2. The predicted molar refractivity (Wildman–Crippen MR) is 147 cm³/mol. The number of hydrogen-bond acceptors (Lipinski definition) is 8. The first-order valence-corrected chi connectivity index (χ1v) is 13.0. The molecule has 11 nitrogen and oxygen atoms in total. The van der Waals surface area contributed by atoms with Gasteiger partial charge in [-0.25, -0.2) is 9.37 Å². The van der Waals surface area contributed by atoms with Gasteiger partial charge in [0.1, 0.15) is 5.82 Å². The number of nitrogens with one attached hydrogen (secondary N) is 3. The van der Waals surface area contributed by atoms with Crippen LogP contribution >= 0.6 is 0 Å². The van der Waals surface area contributed by atoms with Gasteiger partial charge in [-0.3, -0.25) is 14.7 Å². The number of halogens is 1. The Morgan fingerprint density at radius 2 is 2.10 bits per heavy atom. The molecule has 5 rings (SSSR count). The summed E-state index contributed by atoms with van der Waals surface area (Å²) in [7, 11) is 0. The number of carbonyl (C=O) groups is 2. The van der Waals surface area contributed by atoms with E-state index < -0.39 is 23.2 Å². The average Bonchev–Trinajstić information content (AvgIpc) is 3.68. The molecule has 1 saturated heterocycles. The fourth-order valence-electron chi connectivity index (χ4n) is 4.70. The summed E-state index contributed by atoms with van der Waals surface area (Å²) in [5.74, 6) is -0.325. The number of aromatic amines is 1. The molecule has 0 saturated carbocycles. The zero-order valence-electron chi connectivity index (χ0n) is 22.8. The Morgan fingerprint density at radius 1 is 1.30 bits per heavy atom. The number of benzene rings is 1. The van der Waals surface area contributed by atoms with Crippen LogP contribution in [0.3, 0.4) is 0 Å². The number of anilines is 1. The Hall–Kier alpha value is -4.61. The van der Waals surface area contributed by atoms with Gasteiger partial charge in [0, 0.05) is 36.3 Å². The second-order valence-corrected chi connectivity index (χ2v) is 10.9. The van der Waals surface area contributed by atoms with Gasteiger partial charge in [0.15, 0.2) is 11.5 Å². The summed E-state index contributed by atoms with van der Waals surface area (Å²) >= 11 is 0. The highest BCUT2D eigenvalue weighted by Crippen LogP contribution is 2.34. The van der Waals surface area contributed by atoms with Crippen molar-refractivity contribution in [2.45, 2.75) is 51.6 Å². The molecule has 2 amide bonds. The minimum absolute atomic E-state index is 0.00529. The van der Waals surface area contributed by atoms with Crippen molar-refractivity contribution >= 4 is 28.7 Å². The summed E-state index contributed by atoms with van der Waals surface area (Å²) in [6.45, 7) is 12.1. The lowest BCUT2D eigenvalue weighted by Gasteiger charge is -2.16. The number of aromatic nitrogens is 5. The summed E-state index contributed by atoms with van der Waals surface area (Å²) in [6, 6.07) is 6.01. The molecule has 1 aliphatic heterocycles. The molecule has 3 N–H and O–H groups in total. The molecule has 40 heavy (non-hydrogen) atoms. The summed E-state index contributed by atoms with van der Waals surface area (Å²) in [5.41, 5.74) is 1.83. The molecule has 1 fully saturated rings. The van der Waals surface area contributed by atoms with Gasteiger partial charge >= 0.3 is 0 Å². The first-order chi connectivity index (χ1) is 19.0. The molecule has 208 valence electrons. The third-order valence-electron chi connectivity index (χ3n) is 6.87. The van der Waals surface area contributed by atoms with Gasteiger partial charge in [-0.2, -0.15) is 10.1 Å². The van der Waals surface area contributed by atoms with Crippen LogP contribution in [0.5, 0.6) is 0 Å². The highest BCUT2D eigenvalue weighted by molar-refractivity contribution is 6.00. The third kappa shape index (κ3) is 5.29. The van der Waals surface area contributed by atoms with Crippen LogP contribution in [0.25, 0.3) is 22.2 Å². The quantitative estimate of drug-likeness (QED) is 0.294. The molecule has 0 aliphatic carbocycles. The van der Waals surface area contributed by atoms with Crippen LogP contribution in [0.2, 0.25) is 0 Å². The first-order valence-electron chi connectivity index (χ1n) is 13.0. The molecule has 0 spiro atoms. The maximum absolute atomic E-state index is 15.4. The van der Waals surface area contributed by atoms with E-state index in [0.29, 0.717) is 41.6 Å². The first kappa shape index (κ1) is 27.0. The van der Waals surface area contributed by atoms with E-state index in [9.17, 15) is 9.59 Å². The van der Waals surface area contributed by atoms with Crippen molar-refractivity contribution in [3.8, 4) is 11.1 Å². The lowest BCUT2D eigenvalue weighted by atomic mass is 9.97. The average molecular weight is 547 g/mol. The van der Waals surface area contributed by atoms with E-state index in [-0.39, 0.29) is 17.8 Å². The van der Waals surface area contributed by atoms with Crippen LogP contribution in [0.1, 0.15) is 62.2 Å². The highest BCUT2D eigenvalue weighted by atomic mass is 19.1.